The van der Waals surface area contributed by atoms with Gasteiger partial charge in [0.2, 0.25) is 0 Å². The van der Waals surface area contributed by atoms with E-state index in [4.69, 9.17) is 0 Å². The molecule has 0 aromatic heterocycles. The fraction of sp³-hybridized carbons (Fsp3) is 0.333. The number of rotatable bonds is 0. The third-order valence-electron chi connectivity index (χ3n) is 2.27. The second-order valence-corrected chi connectivity index (χ2v) is 2.89. The summed E-state index contributed by atoms with van der Waals surface area (Å²) in [7, 11) is 0. The Labute approximate surface area is 60.4 Å². The lowest BCUT2D eigenvalue weighted by Crippen LogP contribution is -2.20. The Morgan fingerprint density at radius 1 is 1.20 bits per heavy atom. The fourth-order valence-corrected chi connectivity index (χ4v) is 1.58. The monoisotopic (exact) mass is 134 g/mol. The van der Waals surface area contributed by atoms with E-state index in [1.165, 1.54) is 0 Å². The van der Waals surface area contributed by atoms with Crippen LogP contribution in [0.25, 0.3) is 0 Å². The molecule has 0 heterocycles. The molecule has 0 saturated carbocycles. The quantitative estimate of drug-likeness (QED) is 0.495. The molecular formula is C9H10O. The Balaban J connectivity index is 2.41. The number of aliphatic hydroxyl groups is 1. The number of allylic oxidation sites excluding steroid dienone is 2. The first-order valence-electron chi connectivity index (χ1n) is 3.52. The summed E-state index contributed by atoms with van der Waals surface area (Å²) < 4.78 is 0. The first-order valence-corrected chi connectivity index (χ1v) is 3.52. The standard InChI is InChI=1S/C9H10O/c1-6-7-2-4-8(6)9(10)5-3-7/h2-5,7-10H,1H2/t7-,8-,9-/m1/s1. The van der Waals surface area contributed by atoms with Crippen LogP contribution in [-0.4, -0.2) is 11.2 Å². The average molecular weight is 134 g/mol. The van der Waals surface area contributed by atoms with Crippen molar-refractivity contribution in [2.75, 3.05) is 0 Å². The van der Waals surface area contributed by atoms with Gasteiger partial charge in [0.25, 0.3) is 0 Å². The molecule has 1 nitrogen and oxygen atoms in total. The van der Waals surface area contributed by atoms with Crippen LogP contribution in [0.1, 0.15) is 0 Å². The van der Waals surface area contributed by atoms with Gasteiger partial charge in [0, 0.05) is 11.8 Å². The van der Waals surface area contributed by atoms with Crippen LogP contribution < -0.4 is 0 Å². The zero-order chi connectivity index (χ0) is 7.14. The minimum absolute atomic E-state index is 0.190. The third kappa shape index (κ3) is 0.611. The highest BCUT2D eigenvalue weighted by Gasteiger charge is 2.29. The number of fused-ring (bicyclic) bond motifs is 2. The highest BCUT2D eigenvalue weighted by molar-refractivity contribution is 5.36. The first kappa shape index (κ1) is 5.93. The minimum Gasteiger partial charge on any atom is -0.388 e. The summed E-state index contributed by atoms with van der Waals surface area (Å²) in [6.07, 6.45) is 7.66. The van der Waals surface area contributed by atoms with Crippen molar-refractivity contribution in [3.63, 3.8) is 0 Å². The predicted molar refractivity (Wildman–Crippen MR) is 40.4 cm³/mol. The summed E-state index contributed by atoms with van der Waals surface area (Å²) in [5, 5.41) is 9.37. The van der Waals surface area contributed by atoms with Gasteiger partial charge in [-0.2, -0.15) is 0 Å². The molecule has 10 heavy (non-hydrogen) atoms. The lowest BCUT2D eigenvalue weighted by molar-refractivity contribution is 0.188. The van der Waals surface area contributed by atoms with E-state index in [9.17, 15) is 5.11 Å². The summed E-state index contributed by atoms with van der Waals surface area (Å²) in [5.41, 5.74) is 1.13. The maximum absolute atomic E-state index is 9.37. The number of hydrogen-bond acceptors (Lipinski definition) is 1. The molecule has 2 aliphatic rings. The van der Waals surface area contributed by atoms with Crippen LogP contribution in [0.5, 0.6) is 0 Å². The topological polar surface area (TPSA) is 20.2 Å². The Morgan fingerprint density at radius 3 is 2.60 bits per heavy atom. The zero-order valence-corrected chi connectivity index (χ0v) is 5.70. The minimum atomic E-state index is -0.331. The summed E-state index contributed by atoms with van der Waals surface area (Å²) in [5.74, 6) is 0.586. The van der Waals surface area contributed by atoms with Gasteiger partial charge < -0.3 is 5.11 Å². The number of hydrogen-bond donors (Lipinski definition) is 1. The molecule has 3 atom stereocenters. The average Bonchev–Trinajstić information content (AvgIpc) is 2.13. The molecule has 1 N–H and O–H groups in total. The number of aliphatic hydroxyl groups excluding tert-OH is 1. The molecule has 0 amide bonds. The summed E-state index contributed by atoms with van der Waals surface area (Å²) in [6.45, 7) is 3.92. The Hall–Kier alpha value is -0.820. The smallest absolute Gasteiger partial charge is 0.0821 e. The van der Waals surface area contributed by atoms with Gasteiger partial charge in [0.15, 0.2) is 0 Å². The van der Waals surface area contributed by atoms with Crippen LogP contribution in [-0.2, 0) is 0 Å². The van der Waals surface area contributed by atoms with E-state index < -0.39 is 0 Å². The molecule has 0 aromatic carbocycles. The van der Waals surface area contributed by atoms with Gasteiger partial charge >= 0.3 is 0 Å². The van der Waals surface area contributed by atoms with E-state index in [1.807, 2.05) is 18.2 Å². The normalized spacial score (nSPS) is 42.9. The molecule has 0 spiro atoms. The summed E-state index contributed by atoms with van der Waals surface area (Å²) in [6, 6.07) is 0. The van der Waals surface area contributed by atoms with Crippen LogP contribution in [0.3, 0.4) is 0 Å². The van der Waals surface area contributed by atoms with Crippen LogP contribution in [0, 0.1) is 11.8 Å². The maximum Gasteiger partial charge on any atom is 0.0821 e. The van der Waals surface area contributed by atoms with Crippen molar-refractivity contribution in [3.8, 4) is 0 Å². The van der Waals surface area contributed by atoms with Crippen molar-refractivity contribution in [1.82, 2.24) is 0 Å². The molecule has 0 aliphatic heterocycles. The van der Waals surface area contributed by atoms with Crippen molar-refractivity contribution in [1.29, 1.82) is 0 Å². The van der Waals surface area contributed by atoms with Gasteiger partial charge in [-0.05, 0) is 0 Å². The molecule has 1 heteroatoms. The van der Waals surface area contributed by atoms with E-state index in [0.29, 0.717) is 5.92 Å². The molecule has 2 bridgehead atoms. The maximum atomic E-state index is 9.37. The predicted octanol–water partition coefficient (Wildman–Crippen LogP) is 1.28. The second-order valence-electron chi connectivity index (χ2n) is 2.89. The van der Waals surface area contributed by atoms with Gasteiger partial charge in [-0.15, -0.1) is 0 Å². The van der Waals surface area contributed by atoms with Crippen molar-refractivity contribution in [2.24, 2.45) is 11.8 Å². The summed E-state index contributed by atoms with van der Waals surface area (Å²) >= 11 is 0. The SMILES string of the molecule is C=C1[C@H]2C=C[C@@H](O)[C@@H]1C=C2. The lowest BCUT2D eigenvalue weighted by Gasteiger charge is -2.21. The van der Waals surface area contributed by atoms with Crippen molar-refractivity contribution >= 4 is 0 Å². The molecular weight excluding hydrogens is 124 g/mol. The first-order chi connectivity index (χ1) is 4.79. The molecule has 2 aliphatic carbocycles. The van der Waals surface area contributed by atoms with E-state index >= 15 is 0 Å². The highest BCUT2D eigenvalue weighted by Crippen LogP contribution is 2.36. The Morgan fingerprint density at radius 2 is 1.90 bits per heavy atom. The Bertz CT molecular complexity index is 225. The molecule has 0 saturated heterocycles. The van der Waals surface area contributed by atoms with Crippen LogP contribution in [0.4, 0.5) is 0 Å². The molecule has 2 rings (SSSR count). The Kier molecular flexibility index (Phi) is 1.08. The molecule has 0 radical (unpaired) electrons. The third-order valence-corrected chi connectivity index (χ3v) is 2.27. The summed E-state index contributed by atoms with van der Waals surface area (Å²) in [4.78, 5) is 0. The zero-order valence-electron chi connectivity index (χ0n) is 5.70. The van der Waals surface area contributed by atoms with Gasteiger partial charge in [0.05, 0.1) is 6.10 Å². The molecule has 0 fully saturated rings. The van der Waals surface area contributed by atoms with Crippen molar-refractivity contribution in [3.05, 3.63) is 36.5 Å². The molecule has 52 valence electrons. The van der Waals surface area contributed by atoms with Gasteiger partial charge in [-0.3, -0.25) is 0 Å². The molecule has 0 unspecified atom stereocenters. The van der Waals surface area contributed by atoms with Gasteiger partial charge in [-0.1, -0.05) is 36.5 Å². The van der Waals surface area contributed by atoms with E-state index in [2.05, 4.69) is 12.7 Å². The van der Waals surface area contributed by atoms with E-state index in [1.54, 1.807) is 0 Å². The van der Waals surface area contributed by atoms with Gasteiger partial charge in [0.1, 0.15) is 0 Å². The highest BCUT2D eigenvalue weighted by atomic mass is 16.3. The van der Waals surface area contributed by atoms with Crippen LogP contribution in [0.15, 0.2) is 36.5 Å². The van der Waals surface area contributed by atoms with Crippen LogP contribution in [0.2, 0.25) is 0 Å². The van der Waals surface area contributed by atoms with Crippen molar-refractivity contribution in [2.45, 2.75) is 6.10 Å². The van der Waals surface area contributed by atoms with E-state index in [-0.39, 0.29) is 12.0 Å². The second kappa shape index (κ2) is 1.83. The van der Waals surface area contributed by atoms with Crippen LogP contribution >= 0.6 is 0 Å². The largest absolute Gasteiger partial charge is 0.388 e. The van der Waals surface area contributed by atoms with Crippen molar-refractivity contribution < 1.29 is 5.11 Å². The lowest BCUT2D eigenvalue weighted by atomic mass is 9.87. The fourth-order valence-electron chi connectivity index (χ4n) is 1.58. The van der Waals surface area contributed by atoms with E-state index in [0.717, 1.165) is 5.57 Å². The molecule has 0 aromatic rings. The van der Waals surface area contributed by atoms with Gasteiger partial charge in [-0.25, -0.2) is 0 Å².